The van der Waals surface area contributed by atoms with E-state index < -0.39 is 17.5 Å². The summed E-state index contributed by atoms with van der Waals surface area (Å²) in [5.74, 6) is -1.25. The van der Waals surface area contributed by atoms with E-state index in [1.165, 1.54) is 12.1 Å². The molecule has 6 rings (SSSR count). The lowest BCUT2D eigenvalue weighted by molar-refractivity contribution is -0.120. The summed E-state index contributed by atoms with van der Waals surface area (Å²) < 4.78 is 16.3. The number of carbonyl (C=O) groups excluding carboxylic acids is 2. The van der Waals surface area contributed by atoms with Crippen molar-refractivity contribution in [3.05, 3.63) is 120 Å². The number of fused-ring (bicyclic) bond motifs is 1. The summed E-state index contributed by atoms with van der Waals surface area (Å²) >= 11 is 0. The van der Waals surface area contributed by atoms with Crippen LogP contribution >= 0.6 is 0 Å². The van der Waals surface area contributed by atoms with Gasteiger partial charge >= 0.3 is 0 Å². The molecular weight excluding hydrogens is 547 g/mol. The van der Waals surface area contributed by atoms with E-state index in [1.807, 2.05) is 77.4 Å². The number of pyridine rings is 2. The Labute approximate surface area is 245 Å². The van der Waals surface area contributed by atoms with Gasteiger partial charge in [0.15, 0.2) is 29.3 Å². The fourth-order valence-corrected chi connectivity index (χ4v) is 4.81. The molecule has 9 nitrogen and oxygen atoms in total. The smallest absolute Gasteiger partial charge is 0.224 e. The highest BCUT2D eigenvalue weighted by Gasteiger charge is 2.19. The Balaban J connectivity index is 1.29. The number of nitrogens with two attached hydrogens (primary N) is 1. The lowest BCUT2D eigenvalue weighted by Crippen LogP contribution is -2.25. The number of aromatic nitrogens is 4. The van der Waals surface area contributed by atoms with Crippen molar-refractivity contribution < 1.29 is 19.1 Å². The number of nitrogens with one attached hydrogen (secondary N) is 1. The minimum absolute atomic E-state index is 0.00694. The molecule has 0 spiro atoms. The Bertz CT molecular complexity index is 1970. The number of benzene rings is 3. The molecule has 1 amide bonds. The van der Waals surface area contributed by atoms with Gasteiger partial charge in [-0.05, 0) is 48.0 Å². The van der Waals surface area contributed by atoms with Crippen LogP contribution in [0.25, 0.3) is 39.5 Å². The number of halogens is 1. The number of rotatable bonds is 8. The van der Waals surface area contributed by atoms with Gasteiger partial charge in [-0.2, -0.15) is 0 Å². The summed E-state index contributed by atoms with van der Waals surface area (Å²) in [6, 6.07) is 27.5. The molecule has 0 saturated heterocycles. The molecule has 4 N–H and O–H groups in total. The van der Waals surface area contributed by atoms with Crippen LogP contribution in [0.15, 0.2) is 97.2 Å². The normalized spacial score (nSPS) is 11.0. The SMILES string of the molecule is Nc1ncccc1-c1nc2ccc(-c3ccccc3)nc2n1-c1ccc(CNC(=O)Cc2ccc(C=O)c(O)c2F)cc1. The number of aromatic hydroxyl groups is 1. The first-order chi connectivity index (χ1) is 20.9. The van der Waals surface area contributed by atoms with E-state index in [1.54, 1.807) is 12.3 Å². The Kier molecular flexibility index (Phi) is 7.32. The lowest BCUT2D eigenvalue weighted by Gasteiger charge is -2.12. The first kappa shape index (κ1) is 27.3. The molecular formula is C33H25FN6O3. The number of amides is 1. The van der Waals surface area contributed by atoms with E-state index in [0.717, 1.165) is 22.5 Å². The van der Waals surface area contributed by atoms with E-state index in [0.29, 0.717) is 34.7 Å². The number of carbonyl (C=O) groups is 2. The van der Waals surface area contributed by atoms with E-state index in [9.17, 15) is 19.1 Å². The van der Waals surface area contributed by atoms with Crippen LogP contribution in [0, 0.1) is 5.82 Å². The molecule has 0 atom stereocenters. The molecule has 0 aliphatic rings. The Morgan fingerprint density at radius 1 is 0.953 bits per heavy atom. The van der Waals surface area contributed by atoms with Crippen LogP contribution in [0.3, 0.4) is 0 Å². The number of nitrogens with zero attached hydrogens (tertiary/aromatic N) is 4. The average Bonchev–Trinajstić information content (AvgIpc) is 3.42. The number of hydrogen-bond donors (Lipinski definition) is 3. The van der Waals surface area contributed by atoms with Gasteiger partial charge in [0.05, 0.1) is 23.2 Å². The van der Waals surface area contributed by atoms with Crippen molar-refractivity contribution in [1.29, 1.82) is 0 Å². The second-order valence-corrected chi connectivity index (χ2v) is 9.83. The molecule has 6 aromatic rings. The number of nitrogen functional groups attached to an aromatic ring is 1. The topological polar surface area (TPSA) is 136 Å². The van der Waals surface area contributed by atoms with Gasteiger partial charge in [-0.3, -0.25) is 14.2 Å². The molecule has 0 aliphatic heterocycles. The standard InChI is InChI=1S/C33H25FN6O3/c34-29-22(10-11-23(19-41)30(29)43)17-28(42)37-18-20-8-12-24(13-9-20)40-32(25-7-4-16-36-31(25)35)39-27-15-14-26(38-33(27)40)21-5-2-1-3-6-21/h1-16,19,43H,17-18H2,(H2,35,36)(H,37,42). The van der Waals surface area contributed by atoms with Crippen LogP contribution in [0.1, 0.15) is 21.5 Å². The van der Waals surface area contributed by atoms with Crippen molar-refractivity contribution in [2.24, 2.45) is 0 Å². The number of anilines is 1. The molecule has 10 heteroatoms. The molecule has 3 aromatic heterocycles. The number of imidazole rings is 1. The zero-order valence-electron chi connectivity index (χ0n) is 22.7. The Morgan fingerprint density at radius 3 is 2.49 bits per heavy atom. The fourth-order valence-electron chi connectivity index (χ4n) is 4.81. The van der Waals surface area contributed by atoms with Gasteiger partial charge in [0.25, 0.3) is 0 Å². The van der Waals surface area contributed by atoms with Crippen molar-refractivity contribution in [3.8, 4) is 34.1 Å². The number of phenols is 1. The molecule has 43 heavy (non-hydrogen) atoms. The zero-order chi connectivity index (χ0) is 29.9. The Hall–Kier alpha value is -5.90. The molecule has 0 fully saturated rings. The van der Waals surface area contributed by atoms with Crippen molar-refractivity contribution in [2.45, 2.75) is 13.0 Å². The predicted octanol–water partition coefficient (Wildman–Crippen LogP) is 5.25. The van der Waals surface area contributed by atoms with Gasteiger partial charge < -0.3 is 16.2 Å². The second kappa shape index (κ2) is 11.5. The third-order valence-corrected chi connectivity index (χ3v) is 7.04. The first-order valence-corrected chi connectivity index (χ1v) is 13.4. The van der Waals surface area contributed by atoms with E-state index >= 15 is 0 Å². The van der Waals surface area contributed by atoms with E-state index in [4.69, 9.17) is 15.7 Å². The van der Waals surface area contributed by atoms with Crippen molar-refractivity contribution in [2.75, 3.05) is 5.73 Å². The minimum atomic E-state index is -0.981. The van der Waals surface area contributed by atoms with Gasteiger partial charge in [-0.15, -0.1) is 0 Å². The maximum absolute atomic E-state index is 14.4. The summed E-state index contributed by atoms with van der Waals surface area (Å²) in [5.41, 5.74) is 11.4. The molecule has 0 saturated carbocycles. The predicted molar refractivity (Wildman–Crippen MR) is 161 cm³/mol. The van der Waals surface area contributed by atoms with Crippen LogP contribution in [0.5, 0.6) is 5.75 Å². The van der Waals surface area contributed by atoms with Crippen molar-refractivity contribution in [3.63, 3.8) is 0 Å². The minimum Gasteiger partial charge on any atom is -0.504 e. The summed E-state index contributed by atoms with van der Waals surface area (Å²) in [6.45, 7) is 0.197. The molecule has 3 heterocycles. The number of hydrogen-bond acceptors (Lipinski definition) is 7. The Morgan fingerprint density at radius 2 is 1.74 bits per heavy atom. The summed E-state index contributed by atoms with van der Waals surface area (Å²) in [6.07, 6.45) is 1.69. The van der Waals surface area contributed by atoms with Gasteiger partial charge in [0.2, 0.25) is 5.91 Å². The van der Waals surface area contributed by atoms with Gasteiger partial charge in [0, 0.05) is 29.6 Å². The summed E-state index contributed by atoms with van der Waals surface area (Å²) in [4.78, 5) is 37.5. The second-order valence-electron chi connectivity index (χ2n) is 9.83. The number of phenolic OH excluding ortho intramolecular Hbond substituents is 1. The largest absolute Gasteiger partial charge is 0.504 e. The molecule has 0 aliphatic carbocycles. The molecule has 3 aromatic carbocycles. The monoisotopic (exact) mass is 572 g/mol. The van der Waals surface area contributed by atoms with Crippen LogP contribution < -0.4 is 11.1 Å². The molecule has 212 valence electrons. The fraction of sp³-hybridized carbons (Fsp3) is 0.0606. The maximum Gasteiger partial charge on any atom is 0.224 e. The number of aldehydes is 1. The highest BCUT2D eigenvalue weighted by molar-refractivity contribution is 5.85. The highest BCUT2D eigenvalue weighted by atomic mass is 19.1. The molecule has 0 bridgehead atoms. The van der Waals surface area contributed by atoms with Gasteiger partial charge in [-0.25, -0.2) is 19.3 Å². The van der Waals surface area contributed by atoms with Crippen molar-refractivity contribution in [1.82, 2.24) is 24.8 Å². The average molecular weight is 573 g/mol. The third kappa shape index (κ3) is 5.41. The molecule has 0 unspecified atom stereocenters. The summed E-state index contributed by atoms with van der Waals surface area (Å²) in [5, 5.41) is 12.6. The lowest BCUT2D eigenvalue weighted by atomic mass is 10.1. The van der Waals surface area contributed by atoms with Gasteiger partial charge in [-0.1, -0.05) is 48.5 Å². The zero-order valence-corrected chi connectivity index (χ0v) is 22.7. The first-order valence-electron chi connectivity index (χ1n) is 13.4. The van der Waals surface area contributed by atoms with Crippen LogP contribution in [-0.4, -0.2) is 36.8 Å². The third-order valence-electron chi connectivity index (χ3n) is 7.04. The molecule has 0 radical (unpaired) electrons. The van der Waals surface area contributed by atoms with Gasteiger partial charge in [0.1, 0.15) is 11.3 Å². The quantitative estimate of drug-likeness (QED) is 0.212. The highest BCUT2D eigenvalue weighted by Crippen LogP contribution is 2.32. The van der Waals surface area contributed by atoms with Crippen molar-refractivity contribution >= 4 is 29.2 Å². The van der Waals surface area contributed by atoms with E-state index in [2.05, 4.69) is 10.3 Å². The summed E-state index contributed by atoms with van der Waals surface area (Å²) in [7, 11) is 0. The van der Waals surface area contributed by atoms with Crippen LogP contribution in [0.4, 0.5) is 10.2 Å². The van der Waals surface area contributed by atoms with Crippen LogP contribution in [-0.2, 0) is 17.8 Å². The maximum atomic E-state index is 14.4. The van der Waals surface area contributed by atoms with Crippen LogP contribution in [0.2, 0.25) is 0 Å². The van der Waals surface area contributed by atoms with E-state index in [-0.39, 0.29) is 24.1 Å².